The third kappa shape index (κ3) is 4.90. The predicted octanol–water partition coefficient (Wildman–Crippen LogP) is 4.03. The summed E-state index contributed by atoms with van der Waals surface area (Å²) >= 11 is 0. The topological polar surface area (TPSA) is 109 Å². The van der Waals surface area contributed by atoms with Crippen LogP contribution in [0.25, 0.3) is 10.9 Å². The number of carbonyl (C=O) groups is 4. The number of nitrogens with one attached hydrogen (secondary N) is 2. The lowest BCUT2D eigenvalue weighted by atomic mass is 9.82. The molecule has 8 heteroatoms. The molecule has 37 heavy (non-hydrogen) atoms. The van der Waals surface area contributed by atoms with Crippen LogP contribution in [0.3, 0.4) is 0 Å². The Morgan fingerprint density at radius 2 is 2.00 bits per heavy atom. The molecule has 0 bridgehead atoms. The van der Waals surface area contributed by atoms with E-state index >= 15 is 0 Å². The van der Waals surface area contributed by atoms with Gasteiger partial charge in [0.2, 0.25) is 5.91 Å². The number of benzene rings is 1. The minimum absolute atomic E-state index is 0.0618. The number of H-pyrrole nitrogens is 1. The second-order valence-electron chi connectivity index (χ2n) is 10.9. The van der Waals surface area contributed by atoms with Crippen molar-refractivity contribution in [3.63, 3.8) is 0 Å². The molecule has 1 saturated heterocycles. The van der Waals surface area contributed by atoms with Gasteiger partial charge in [0, 0.05) is 36.2 Å². The minimum atomic E-state index is -0.695. The zero-order chi connectivity index (χ0) is 26.1. The highest BCUT2D eigenvalue weighted by molar-refractivity contribution is 6.02. The number of aromatic nitrogens is 1. The van der Waals surface area contributed by atoms with Crippen molar-refractivity contribution in [2.45, 2.75) is 76.8 Å². The molecule has 2 saturated carbocycles. The van der Waals surface area contributed by atoms with E-state index in [0.717, 1.165) is 49.4 Å². The Kier molecular flexibility index (Phi) is 7.36. The number of ether oxygens (including phenoxy) is 1. The van der Waals surface area contributed by atoms with E-state index in [2.05, 4.69) is 10.3 Å². The summed E-state index contributed by atoms with van der Waals surface area (Å²) in [6.07, 6.45) is 6.76. The Bertz CT molecular complexity index is 1200. The number of nitrogens with zero attached hydrogens (tertiary/aromatic N) is 1. The Balaban J connectivity index is 1.38. The SMILES string of the molecule is CCC(=O)C(CC1CCCCC1=O)NC(=O)C1C2CCCC2CN1C(=O)c1cc2c(OC)cccc2[nH]1. The first-order chi connectivity index (χ1) is 17.9. The number of aromatic amines is 1. The zero-order valence-electron chi connectivity index (χ0n) is 21.8. The fourth-order valence-electron chi connectivity index (χ4n) is 6.79. The highest BCUT2D eigenvalue weighted by atomic mass is 16.5. The van der Waals surface area contributed by atoms with Crippen molar-refractivity contribution >= 4 is 34.3 Å². The van der Waals surface area contributed by atoms with Crippen molar-refractivity contribution in [2.24, 2.45) is 17.8 Å². The van der Waals surface area contributed by atoms with Crippen LogP contribution in [0.15, 0.2) is 24.3 Å². The third-order valence-corrected chi connectivity index (χ3v) is 8.75. The Morgan fingerprint density at radius 3 is 2.76 bits per heavy atom. The Hall–Kier alpha value is -3.16. The molecule has 2 amide bonds. The maximum absolute atomic E-state index is 13.8. The molecule has 5 rings (SSSR count). The first kappa shape index (κ1) is 25.5. The van der Waals surface area contributed by atoms with Gasteiger partial charge in [0.05, 0.1) is 13.2 Å². The van der Waals surface area contributed by atoms with Crippen molar-refractivity contribution in [2.75, 3.05) is 13.7 Å². The van der Waals surface area contributed by atoms with E-state index in [1.54, 1.807) is 25.0 Å². The van der Waals surface area contributed by atoms with E-state index in [4.69, 9.17) is 4.74 Å². The molecule has 2 aliphatic carbocycles. The summed E-state index contributed by atoms with van der Waals surface area (Å²) in [5, 5.41) is 3.83. The summed E-state index contributed by atoms with van der Waals surface area (Å²) in [5.74, 6) is 0.496. The van der Waals surface area contributed by atoms with E-state index < -0.39 is 12.1 Å². The molecule has 2 aromatic rings. The number of hydrogen-bond acceptors (Lipinski definition) is 5. The van der Waals surface area contributed by atoms with Gasteiger partial charge in [-0.05, 0) is 62.1 Å². The maximum Gasteiger partial charge on any atom is 0.271 e. The first-order valence-corrected chi connectivity index (χ1v) is 13.7. The monoisotopic (exact) mass is 507 g/mol. The Labute approximate surface area is 217 Å². The molecule has 5 atom stereocenters. The highest BCUT2D eigenvalue weighted by Gasteiger charge is 2.50. The number of carbonyl (C=O) groups excluding carboxylic acids is 4. The van der Waals surface area contributed by atoms with Gasteiger partial charge in [-0.15, -0.1) is 0 Å². The number of Topliss-reactive ketones (excluding diaryl/α,β-unsaturated/α-hetero) is 2. The molecule has 5 unspecified atom stereocenters. The van der Waals surface area contributed by atoms with Gasteiger partial charge < -0.3 is 19.9 Å². The minimum Gasteiger partial charge on any atom is -0.496 e. The molecule has 2 N–H and O–H groups in total. The summed E-state index contributed by atoms with van der Waals surface area (Å²) in [5.41, 5.74) is 1.22. The smallest absolute Gasteiger partial charge is 0.271 e. The molecule has 1 aliphatic heterocycles. The summed E-state index contributed by atoms with van der Waals surface area (Å²) in [4.78, 5) is 57.8. The maximum atomic E-state index is 13.8. The normalized spacial score (nSPS) is 26.2. The van der Waals surface area contributed by atoms with Gasteiger partial charge in [-0.1, -0.05) is 25.8 Å². The zero-order valence-corrected chi connectivity index (χ0v) is 21.8. The summed E-state index contributed by atoms with van der Waals surface area (Å²) in [7, 11) is 1.60. The van der Waals surface area contributed by atoms with Gasteiger partial charge >= 0.3 is 0 Å². The van der Waals surface area contributed by atoms with E-state index in [1.807, 2.05) is 18.2 Å². The van der Waals surface area contributed by atoms with Crippen LogP contribution in [0.5, 0.6) is 5.75 Å². The second kappa shape index (κ2) is 10.7. The number of amides is 2. The lowest BCUT2D eigenvalue weighted by Crippen LogP contribution is -2.53. The number of likely N-dealkylation sites (tertiary alicyclic amines) is 1. The molecule has 198 valence electrons. The van der Waals surface area contributed by atoms with Crippen LogP contribution in [0, 0.1) is 17.8 Å². The van der Waals surface area contributed by atoms with Crippen molar-refractivity contribution in [3.05, 3.63) is 30.0 Å². The van der Waals surface area contributed by atoms with Crippen LogP contribution in [0.2, 0.25) is 0 Å². The van der Waals surface area contributed by atoms with Crippen molar-refractivity contribution in [1.82, 2.24) is 15.2 Å². The number of methoxy groups -OCH3 is 1. The summed E-state index contributed by atoms with van der Waals surface area (Å²) in [6, 6.07) is 6.08. The Morgan fingerprint density at radius 1 is 1.16 bits per heavy atom. The highest BCUT2D eigenvalue weighted by Crippen LogP contribution is 2.43. The van der Waals surface area contributed by atoms with Crippen LogP contribution < -0.4 is 10.1 Å². The molecule has 2 heterocycles. The summed E-state index contributed by atoms with van der Waals surface area (Å²) in [6.45, 7) is 2.31. The third-order valence-electron chi connectivity index (χ3n) is 8.75. The molecule has 3 fully saturated rings. The molecule has 3 aliphatic rings. The van der Waals surface area contributed by atoms with E-state index in [1.165, 1.54) is 0 Å². The molecule has 0 radical (unpaired) electrons. The predicted molar refractivity (Wildman–Crippen MR) is 139 cm³/mol. The lowest BCUT2D eigenvalue weighted by molar-refractivity contribution is -0.132. The van der Waals surface area contributed by atoms with Gasteiger partial charge in [0.25, 0.3) is 5.91 Å². The molecular formula is C29H37N3O5. The fourth-order valence-corrected chi connectivity index (χ4v) is 6.79. The van der Waals surface area contributed by atoms with Gasteiger partial charge in [0.15, 0.2) is 5.78 Å². The largest absolute Gasteiger partial charge is 0.496 e. The van der Waals surface area contributed by atoms with Crippen LogP contribution in [0.4, 0.5) is 0 Å². The van der Waals surface area contributed by atoms with E-state index in [-0.39, 0.29) is 41.1 Å². The number of ketones is 2. The van der Waals surface area contributed by atoms with Crippen molar-refractivity contribution < 1.29 is 23.9 Å². The second-order valence-corrected chi connectivity index (χ2v) is 10.9. The van der Waals surface area contributed by atoms with Crippen LogP contribution in [-0.2, 0) is 14.4 Å². The standard InChI is InChI=1S/C29H37N3O5/c1-3-24(33)22(14-17-8-4-5-12-25(17)34)31-28(35)27-19-10-6-9-18(19)16-32(27)29(36)23-15-20-21(30-23)11-7-13-26(20)37-2/h7,11,13,15,17-19,22,27,30H,3-6,8-10,12,14,16H2,1-2H3,(H,31,35). The van der Waals surface area contributed by atoms with Crippen LogP contribution >= 0.6 is 0 Å². The van der Waals surface area contributed by atoms with Gasteiger partial charge in [-0.2, -0.15) is 0 Å². The van der Waals surface area contributed by atoms with Crippen molar-refractivity contribution in [1.29, 1.82) is 0 Å². The van der Waals surface area contributed by atoms with Gasteiger partial charge in [-0.25, -0.2) is 0 Å². The number of fused-ring (bicyclic) bond motifs is 2. The quantitative estimate of drug-likeness (QED) is 0.561. The lowest BCUT2D eigenvalue weighted by Gasteiger charge is -2.30. The molecular weight excluding hydrogens is 470 g/mol. The molecule has 1 aromatic heterocycles. The van der Waals surface area contributed by atoms with E-state index in [0.29, 0.717) is 37.3 Å². The molecule has 8 nitrogen and oxygen atoms in total. The summed E-state index contributed by atoms with van der Waals surface area (Å²) < 4.78 is 5.45. The fraction of sp³-hybridized carbons (Fsp3) is 0.586. The molecule has 1 aromatic carbocycles. The van der Waals surface area contributed by atoms with Gasteiger partial charge in [0.1, 0.15) is 23.3 Å². The first-order valence-electron chi connectivity index (χ1n) is 13.7. The average molecular weight is 508 g/mol. The van der Waals surface area contributed by atoms with E-state index in [9.17, 15) is 19.2 Å². The number of rotatable bonds is 8. The molecule has 0 spiro atoms. The number of hydrogen-bond donors (Lipinski definition) is 2. The van der Waals surface area contributed by atoms with Crippen LogP contribution in [0.1, 0.15) is 75.2 Å². The van der Waals surface area contributed by atoms with Crippen molar-refractivity contribution in [3.8, 4) is 5.75 Å². The average Bonchev–Trinajstić information content (AvgIpc) is 3.62. The van der Waals surface area contributed by atoms with Gasteiger partial charge in [-0.3, -0.25) is 19.2 Å². The van der Waals surface area contributed by atoms with Crippen LogP contribution in [-0.4, -0.2) is 59.0 Å².